The highest BCUT2D eigenvalue weighted by Crippen LogP contribution is 2.21. The van der Waals surface area contributed by atoms with Crippen molar-refractivity contribution in [2.24, 2.45) is 0 Å². The van der Waals surface area contributed by atoms with Gasteiger partial charge in [0.05, 0.1) is 0 Å². The van der Waals surface area contributed by atoms with Crippen LogP contribution in [0.5, 0.6) is 0 Å². The zero-order chi connectivity index (χ0) is 28.0. The zero-order valence-electron chi connectivity index (χ0n) is 22.1. The first-order valence-electron chi connectivity index (χ1n) is 13.1. The van der Waals surface area contributed by atoms with Gasteiger partial charge in [-0.25, -0.2) is 4.79 Å². The number of carbonyl (C=O) groups is 2. The maximum atomic E-state index is 13.6. The summed E-state index contributed by atoms with van der Waals surface area (Å²) in [5.74, 6) is -0.505. The Morgan fingerprint density at radius 1 is 0.875 bits per heavy atom. The molecule has 2 amide bonds. The van der Waals surface area contributed by atoms with Gasteiger partial charge in [-0.2, -0.15) is 0 Å². The van der Waals surface area contributed by atoms with Gasteiger partial charge in [-0.15, -0.1) is 0 Å². The van der Waals surface area contributed by atoms with Gasteiger partial charge in [0.2, 0.25) is 12.2 Å². The molecule has 0 bridgehead atoms. The standard InChI is InChI=1S/C33H30N3O4/c1-33(22-37,19-23-10-3-2-4-11-23)36-31(38)30(18-26-20-34-29-17-8-7-16-28(26)29)35-32(39)40-21-25-14-9-13-24-12-5-6-15-27(24)25/h2-17,20,30,34H,18-19,21H2,1H3,(H,35,39)(H,36,38)/t30-,33?/m0/s1. The highest BCUT2D eigenvalue weighted by atomic mass is 16.5. The molecule has 1 aromatic heterocycles. The van der Waals surface area contributed by atoms with Gasteiger partial charge >= 0.3 is 6.09 Å². The fraction of sp³-hybridized carbons (Fsp3) is 0.182. The van der Waals surface area contributed by atoms with Crippen LogP contribution in [0.3, 0.4) is 0 Å². The van der Waals surface area contributed by atoms with Crippen molar-refractivity contribution in [3.8, 4) is 0 Å². The lowest BCUT2D eigenvalue weighted by molar-refractivity contribution is -0.124. The molecule has 0 spiro atoms. The van der Waals surface area contributed by atoms with Gasteiger partial charge in [-0.3, -0.25) is 9.59 Å². The predicted molar refractivity (Wildman–Crippen MR) is 155 cm³/mol. The molecule has 2 atom stereocenters. The Hall–Kier alpha value is -4.91. The summed E-state index contributed by atoms with van der Waals surface area (Å²) in [4.78, 5) is 41.8. The molecule has 7 nitrogen and oxygen atoms in total. The van der Waals surface area contributed by atoms with Crippen LogP contribution in [-0.4, -0.2) is 34.9 Å². The number of nitrogens with one attached hydrogen (secondary N) is 3. The summed E-state index contributed by atoms with van der Waals surface area (Å²) in [5, 5.41) is 8.52. The van der Waals surface area contributed by atoms with Gasteiger partial charge in [0.1, 0.15) is 18.2 Å². The number of aromatic nitrogens is 1. The zero-order valence-corrected chi connectivity index (χ0v) is 22.1. The van der Waals surface area contributed by atoms with Gasteiger partial charge in [0.15, 0.2) is 0 Å². The number of hydrogen-bond donors (Lipinski definition) is 3. The molecule has 201 valence electrons. The molecule has 7 heteroatoms. The molecule has 1 unspecified atom stereocenters. The highest BCUT2D eigenvalue weighted by Gasteiger charge is 2.32. The third kappa shape index (κ3) is 6.21. The number of fused-ring (bicyclic) bond motifs is 2. The first-order chi connectivity index (χ1) is 19.4. The van der Waals surface area contributed by atoms with Crippen molar-refractivity contribution in [2.75, 3.05) is 0 Å². The average molecular weight is 533 g/mol. The lowest BCUT2D eigenvalue weighted by atomic mass is 9.93. The van der Waals surface area contributed by atoms with Crippen molar-refractivity contribution in [3.05, 3.63) is 120 Å². The molecule has 0 aliphatic rings. The molecular weight excluding hydrogens is 502 g/mol. The topological polar surface area (TPSA) is 100 Å². The van der Waals surface area contributed by atoms with Crippen LogP contribution in [-0.2, 0) is 33.8 Å². The van der Waals surface area contributed by atoms with E-state index in [1.165, 1.54) is 0 Å². The van der Waals surface area contributed by atoms with E-state index in [4.69, 9.17) is 4.74 Å². The SMILES string of the molecule is CC([C]=O)(Cc1ccccc1)NC(=O)[C@H](Cc1c[nH]c2ccccc12)NC(=O)OCc1cccc2ccccc12. The predicted octanol–water partition coefficient (Wildman–Crippen LogP) is 5.39. The van der Waals surface area contributed by atoms with Crippen molar-refractivity contribution in [1.82, 2.24) is 15.6 Å². The maximum Gasteiger partial charge on any atom is 0.408 e. The van der Waals surface area contributed by atoms with E-state index in [0.717, 1.165) is 38.4 Å². The van der Waals surface area contributed by atoms with Crippen molar-refractivity contribution < 1.29 is 19.1 Å². The van der Waals surface area contributed by atoms with Gasteiger partial charge in [-0.05, 0) is 40.5 Å². The number of aromatic amines is 1. The fourth-order valence-electron chi connectivity index (χ4n) is 4.94. The molecular formula is C33H30N3O4. The lowest BCUT2D eigenvalue weighted by Crippen LogP contribution is -2.56. The van der Waals surface area contributed by atoms with E-state index in [1.54, 1.807) is 6.92 Å². The number of para-hydroxylation sites is 1. The van der Waals surface area contributed by atoms with Crippen molar-refractivity contribution >= 4 is 40.0 Å². The average Bonchev–Trinajstić information content (AvgIpc) is 3.39. The third-order valence-electron chi connectivity index (χ3n) is 6.97. The molecule has 0 aliphatic carbocycles. The summed E-state index contributed by atoms with van der Waals surface area (Å²) >= 11 is 0. The Bertz CT molecular complexity index is 1640. The number of ether oxygens (including phenoxy) is 1. The lowest BCUT2D eigenvalue weighted by Gasteiger charge is -2.27. The van der Waals surface area contributed by atoms with Crippen LogP contribution < -0.4 is 10.6 Å². The molecule has 1 radical (unpaired) electrons. The molecule has 5 rings (SSSR count). The second-order valence-corrected chi connectivity index (χ2v) is 10.1. The Balaban J connectivity index is 1.34. The molecule has 5 aromatic rings. The Labute approximate surface area is 232 Å². The van der Waals surface area contributed by atoms with Crippen LogP contribution >= 0.6 is 0 Å². The first-order valence-corrected chi connectivity index (χ1v) is 13.1. The number of H-pyrrole nitrogens is 1. The van der Waals surface area contributed by atoms with E-state index in [-0.39, 0.29) is 19.4 Å². The molecule has 1 heterocycles. The summed E-state index contributed by atoms with van der Waals surface area (Å²) in [7, 11) is 0. The van der Waals surface area contributed by atoms with Crippen LogP contribution in [0.2, 0.25) is 0 Å². The van der Waals surface area contributed by atoms with Crippen LogP contribution in [0, 0.1) is 0 Å². The minimum Gasteiger partial charge on any atom is -0.445 e. The number of alkyl carbamates (subject to hydrolysis) is 1. The number of benzene rings is 4. The van der Waals surface area contributed by atoms with Crippen LogP contribution in [0.15, 0.2) is 103 Å². The van der Waals surface area contributed by atoms with E-state index < -0.39 is 23.6 Å². The Kier molecular flexibility index (Phi) is 7.92. The number of carbonyl (C=O) groups excluding carboxylic acids is 3. The maximum absolute atomic E-state index is 13.6. The van der Waals surface area contributed by atoms with Crippen LogP contribution in [0.4, 0.5) is 4.79 Å². The van der Waals surface area contributed by atoms with Gasteiger partial charge in [0, 0.05) is 29.9 Å². The number of amides is 2. The molecule has 4 aromatic carbocycles. The molecule has 3 N–H and O–H groups in total. The second-order valence-electron chi connectivity index (χ2n) is 10.1. The minimum absolute atomic E-state index is 0.0441. The van der Waals surface area contributed by atoms with Gasteiger partial charge in [-0.1, -0.05) is 91.0 Å². The normalized spacial score (nSPS) is 13.3. The fourth-order valence-corrected chi connectivity index (χ4v) is 4.94. The summed E-state index contributed by atoms with van der Waals surface area (Å²) in [6.45, 7) is 1.66. The Morgan fingerprint density at radius 2 is 1.57 bits per heavy atom. The largest absolute Gasteiger partial charge is 0.445 e. The van der Waals surface area contributed by atoms with E-state index >= 15 is 0 Å². The van der Waals surface area contributed by atoms with Gasteiger partial charge < -0.3 is 20.4 Å². The number of rotatable bonds is 10. The van der Waals surface area contributed by atoms with Crippen molar-refractivity contribution in [3.63, 3.8) is 0 Å². The molecule has 0 fully saturated rings. The first kappa shape index (κ1) is 26.7. The summed E-state index contributed by atoms with van der Waals surface area (Å²) in [5.41, 5.74) is 2.22. The number of hydrogen-bond acceptors (Lipinski definition) is 4. The molecule has 0 aliphatic heterocycles. The van der Waals surface area contributed by atoms with Crippen LogP contribution in [0.25, 0.3) is 21.7 Å². The minimum atomic E-state index is -1.29. The Morgan fingerprint density at radius 3 is 2.38 bits per heavy atom. The summed E-state index contributed by atoms with van der Waals surface area (Å²) < 4.78 is 5.56. The smallest absolute Gasteiger partial charge is 0.408 e. The summed E-state index contributed by atoms with van der Waals surface area (Å²) in [6, 6.07) is 29.8. The van der Waals surface area contributed by atoms with E-state index in [9.17, 15) is 14.4 Å². The molecule has 0 saturated carbocycles. The summed E-state index contributed by atoms with van der Waals surface area (Å²) in [6.07, 6.45) is 3.53. The third-order valence-corrected chi connectivity index (χ3v) is 6.97. The van der Waals surface area contributed by atoms with Crippen LogP contribution in [0.1, 0.15) is 23.6 Å². The monoisotopic (exact) mass is 532 g/mol. The molecule has 40 heavy (non-hydrogen) atoms. The quantitative estimate of drug-likeness (QED) is 0.225. The molecule has 0 saturated heterocycles. The van der Waals surface area contributed by atoms with E-state index in [1.807, 2.05) is 110 Å². The second kappa shape index (κ2) is 11.9. The van der Waals surface area contributed by atoms with E-state index in [0.29, 0.717) is 0 Å². The van der Waals surface area contributed by atoms with Gasteiger partial charge in [0.25, 0.3) is 0 Å². The van der Waals surface area contributed by atoms with Crippen molar-refractivity contribution in [1.29, 1.82) is 0 Å². The van der Waals surface area contributed by atoms with Crippen molar-refractivity contribution in [2.45, 2.75) is 38.0 Å². The van der Waals surface area contributed by atoms with E-state index in [2.05, 4.69) is 15.6 Å². The highest BCUT2D eigenvalue weighted by molar-refractivity contribution is 5.91.